The van der Waals surface area contributed by atoms with Crippen LogP contribution in [0.25, 0.3) is 0 Å². The van der Waals surface area contributed by atoms with Gasteiger partial charge in [0, 0.05) is 0 Å². The summed E-state index contributed by atoms with van der Waals surface area (Å²) in [4.78, 5) is 0. The third-order valence-electron chi connectivity index (χ3n) is 3.18. The van der Waals surface area contributed by atoms with Crippen molar-refractivity contribution in [3.63, 3.8) is 0 Å². The molecule has 0 nitrogen and oxygen atoms in total. The first-order valence-corrected chi connectivity index (χ1v) is 4.92. The van der Waals surface area contributed by atoms with Crippen molar-refractivity contribution in [2.24, 2.45) is 11.3 Å². The molecule has 0 radical (unpaired) electrons. The molecule has 1 aliphatic rings. The molecule has 0 unspecified atom stereocenters. The molecular weight excluding hydrogens is 144 g/mol. The van der Waals surface area contributed by atoms with E-state index in [1.807, 2.05) is 0 Å². The largest absolute Gasteiger partial charge is 0.0839 e. The van der Waals surface area contributed by atoms with E-state index in [-0.39, 0.29) is 0 Å². The van der Waals surface area contributed by atoms with Gasteiger partial charge >= 0.3 is 0 Å². The van der Waals surface area contributed by atoms with Crippen molar-refractivity contribution >= 4 is 0 Å². The summed E-state index contributed by atoms with van der Waals surface area (Å²) in [5.74, 6) is 0.714. The van der Waals surface area contributed by atoms with Crippen LogP contribution in [-0.4, -0.2) is 0 Å². The molecule has 12 heavy (non-hydrogen) atoms. The minimum Gasteiger partial charge on any atom is -0.0839 e. The molecule has 68 valence electrons. The molecule has 1 rings (SSSR count). The first kappa shape index (κ1) is 9.57. The van der Waals surface area contributed by atoms with Crippen LogP contribution in [0.3, 0.4) is 0 Å². The van der Waals surface area contributed by atoms with Gasteiger partial charge in [0.1, 0.15) is 0 Å². The summed E-state index contributed by atoms with van der Waals surface area (Å²) < 4.78 is 0. The Morgan fingerprint density at radius 3 is 2.33 bits per heavy atom. The Morgan fingerprint density at radius 1 is 1.25 bits per heavy atom. The molecule has 0 aromatic heterocycles. The predicted octanol–water partition coefficient (Wildman–Crippen LogP) is 3.95. The van der Waals surface area contributed by atoms with Crippen LogP contribution < -0.4 is 0 Å². The van der Waals surface area contributed by atoms with Crippen LogP contribution >= 0.6 is 0 Å². The van der Waals surface area contributed by atoms with Crippen LogP contribution in [0.15, 0.2) is 23.8 Å². The predicted molar refractivity (Wildman–Crippen MR) is 55.1 cm³/mol. The average molecular weight is 164 g/mol. The van der Waals surface area contributed by atoms with E-state index in [1.54, 1.807) is 0 Å². The summed E-state index contributed by atoms with van der Waals surface area (Å²) in [7, 11) is 0. The Morgan fingerprint density at radius 2 is 1.92 bits per heavy atom. The third-order valence-corrected chi connectivity index (χ3v) is 3.18. The minimum atomic E-state index is 0.344. The second-order valence-electron chi connectivity index (χ2n) is 4.52. The Bertz CT molecular complexity index is 204. The lowest BCUT2D eigenvalue weighted by Gasteiger charge is -2.32. The minimum absolute atomic E-state index is 0.344. The molecule has 0 N–H and O–H groups in total. The van der Waals surface area contributed by atoms with Gasteiger partial charge in [0.2, 0.25) is 0 Å². The van der Waals surface area contributed by atoms with Crippen molar-refractivity contribution < 1.29 is 0 Å². The fourth-order valence-electron chi connectivity index (χ4n) is 1.42. The quantitative estimate of drug-likeness (QED) is 0.580. The first-order chi connectivity index (χ1) is 5.55. The van der Waals surface area contributed by atoms with Gasteiger partial charge in [0.25, 0.3) is 0 Å². The number of allylic oxidation sites excluding steroid dienone is 4. The topological polar surface area (TPSA) is 0 Å². The van der Waals surface area contributed by atoms with Gasteiger partial charge in [-0.1, -0.05) is 45.9 Å². The monoisotopic (exact) mass is 164 g/mol. The van der Waals surface area contributed by atoms with E-state index in [2.05, 4.69) is 45.9 Å². The number of rotatable bonds is 2. The molecule has 0 saturated carbocycles. The highest BCUT2D eigenvalue weighted by atomic mass is 14.3. The Hall–Kier alpha value is -0.520. The molecule has 0 heterocycles. The van der Waals surface area contributed by atoms with E-state index in [1.165, 1.54) is 18.4 Å². The lowest BCUT2D eigenvalue weighted by molar-refractivity contribution is 0.315. The van der Waals surface area contributed by atoms with E-state index in [9.17, 15) is 0 Å². The summed E-state index contributed by atoms with van der Waals surface area (Å²) in [6.07, 6.45) is 9.42. The lowest BCUT2D eigenvalue weighted by Crippen LogP contribution is -2.21. The fraction of sp³-hybridized carbons (Fsp3) is 0.667. The van der Waals surface area contributed by atoms with Crippen molar-refractivity contribution in [2.45, 2.75) is 40.5 Å². The summed E-state index contributed by atoms with van der Waals surface area (Å²) in [6.45, 7) is 9.25. The van der Waals surface area contributed by atoms with Crippen molar-refractivity contribution in [2.75, 3.05) is 0 Å². The van der Waals surface area contributed by atoms with Crippen LogP contribution in [-0.2, 0) is 0 Å². The van der Waals surface area contributed by atoms with E-state index in [4.69, 9.17) is 0 Å². The first-order valence-electron chi connectivity index (χ1n) is 4.92. The fourth-order valence-corrected chi connectivity index (χ4v) is 1.42. The standard InChI is InChI=1S/C12H20/c1-10(2)12(3,4)11-8-6-5-7-9-11/h6,8-10H,5,7H2,1-4H3. The second kappa shape index (κ2) is 3.47. The molecular formula is C12H20. The maximum absolute atomic E-state index is 2.39. The van der Waals surface area contributed by atoms with Gasteiger partial charge in [-0.15, -0.1) is 0 Å². The molecule has 0 aromatic rings. The van der Waals surface area contributed by atoms with E-state index in [0.29, 0.717) is 11.3 Å². The zero-order valence-electron chi connectivity index (χ0n) is 8.72. The van der Waals surface area contributed by atoms with Crippen molar-refractivity contribution in [1.29, 1.82) is 0 Å². The van der Waals surface area contributed by atoms with Gasteiger partial charge < -0.3 is 0 Å². The number of hydrogen-bond donors (Lipinski definition) is 0. The van der Waals surface area contributed by atoms with Crippen molar-refractivity contribution in [1.82, 2.24) is 0 Å². The van der Waals surface area contributed by atoms with Crippen LogP contribution in [0.1, 0.15) is 40.5 Å². The summed E-state index contributed by atoms with van der Waals surface area (Å²) in [5, 5.41) is 0. The molecule has 0 heteroatoms. The lowest BCUT2D eigenvalue weighted by atomic mass is 9.73. The van der Waals surface area contributed by atoms with E-state index >= 15 is 0 Å². The van der Waals surface area contributed by atoms with Gasteiger partial charge in [0.05, 0.1) is 0 Å². The molecule has 0 fully saturated rings. The van der Waals surface area contributed by atoms with E-state index < -0.39 is 0 Å². The van der Waals surface area contributed by atoms with Gasteiger partial charge in [0.15, 0.2) is 0 Å². The van der Waals surface area contributed by atoms with Crippen LogP contribution in [0.2, 0.25) is 0 Å². The van der Waals surface area contributed by atoms with E-state index in [0.717, 1.165) is 0 Å². The average Bonchev–Trinajstić information content (AvgIpc) is 2.06. The highest BCUT2D eigenvalue weighted by molar-refractivity contribution is 5.28. The molecule has 0 bridgehead atoms. The van der Waals surface area contributed by atoms with Gasteiger partial charge in [-0.25, -0.2) is 0 Å². The van der Waals surface area contributed by atoms with Crippen LogP contribution in [0.4, 0.5) is 0 Å². The van der Waals surface area contributed by atoms with Gasteiger partial charge in [-0.2, -0.15) is 0 Å². The highest BCUT2D eigenvalue weighted by Crippen LogP contribution is 2.36. The zero-order valence-corrected chi connectivity index (χ0v) is 8.72. The molecule has 0 aliphatic heterocycles. The summed E-state index contributed by atoms with van der Waals surface area (Å²) in [5.41, 5.74) is 1.86. The maximum atomic E-state index is 2.39. The van der Waals surface area contributed by atoms with Gasteiger partial charge in [-0.3, -0.25) is 0 Å². The van der Waals surface area contributed by atoms with Gasteiger partial charge in [-0.05, 0) is 29.7 Å². The molecule has 0 atom stereocenters. The van der Waals surface area contributed by atoms with Crippen LogP contribution in [0.5, 0.6) is 0 Å². The molecule has 1 aliphatic carbocycles. The van der Waals surface area contributed by atoms with Crippen molar-refractivity contribution in [3.8, 4) is 0 Å². The SMILES string of the molecule is CC(C)C(C)(C)C1=CCCC=C1. The summed E-state index contributed by atoms with van der Waals surface area (Å²) >= 11 is 0. The molecule has 0 amide bonds. The Kier molecular flexibility index (Phi) is 2.76. The Balaban J connectivity index is 2.80. The van der Waals surface area contributed by atoms with Crippen LogP contribution in [0, 0.1) is 11.3 Å². The second-order valence-corrected chi connectivity index (χ2v) is 4.52. The zero-order chi connectivity index (χ0) is 9.19. The normalized spacial score (nSPS) is 18.2. The smallest absolute Gasteiger partial charge is 0.00838 e. The third kappa shape index (κ3) is 1.80. The molecule has 0 spiro atoms. The summed E-state index contributed by atoms with van der Waals surface area (Å²) in [6, 6.07) is 0. The molecule has 0 saturated heterocycles. The highest BCUT2D eigenvalue weighted by Gasteiger charge is 2.25. The Labute approximate surface area is 76.4 Å². The molecule has 0 aromatic carbocycles. The van der Waals surface area contributed by atoms with Crippen molar-refractivity contribution in [3.05, 3.63) is 23.8 Å². The maximum Gasteiger partial charge on any atom is -0.00838 e. The number of hydrogen-bond acceptors (Lipinski definition) is 0.